The highest BCUT2D eigenvalue weighted by atomic mass is 16.5. The highest BCUT2D eigenvalue weighted by Crippen LogP contribution is 2.32. The summed E-state index contributed by atoms with van der Waals surface area (Å²) in [5.74, 6) is -1.65. The third-order valence-electron chi connectivity index (χ3n) is 4.92. The molecule has 9 nitrogen and oxygen atoms in total. The van der Waals surface area contributed by atoms with E-state index in [0.717, 1.165) is 12.8 Å². The third-order valence-corrected chi connectivity index (χ3v) is 4.92. The van der Waals surface area contributed by atoms with Gasteiger partial charge in [0.15, 0.2) is 0 Å². The van der Waals surface area contributed by atoms with E-state index < -0.39 is 5.97 Å². The molecule has 28 heavy (non-hydrogen) atoms. The Balaban J connectivity index is 1.87. The molecule has 1 N–H and O–H groups in total. The standard InChI is InChI=1S/C19H21N5O4/c1-12-8-9-13(15-10-17(19(26)27)28-22-15)11-23(12)18(25)14-6-4-5-7-16(14)24(20-2)21-3/h4-7,10,12-13H,2-3,8-9,11H2,1H3,(H,26,27)/t12-,13?/m1/s1. The maximum absolute atomic E-state index is 13.3. The Morgan fingerprint density at radius 2 is 2.00 bits per heavy atom. The van der Waals surface area contributed by atoms with Crippen LogP contribution in [0.3, 0.4) is 0 Å². The van der Waals surface area contributed by atoms with Crippen molar-refractivity contribution in [2.45, 2.75) is 31.7 Å². The molecular weight excluding hydrogens is 362 g/mol. The van der Waals surface area contributed by atoms with Gasteiger partial charge in [0.2, 0.25) is 5.76 Å². The highest BCUT2D eigenvalue weighted by molar-refractivity contribution is 6.00. The average molecular weight is 383 g/mol. The van der Waals surface area contributed by atoms with Crippen LogP contribution in [0.1, 0.15) is 52.3 Å². The molecule has 3 rings (SSSR count). The first-order chi connectivity index (χ1) is 13.5. The minimum atomic E-state index is -1.17. The first-order valence-corrected chi connectivity index (χ1v) is 8.79. The Hall–Kier alpha value is -3.49. The fourth-order valence-corrected chi connectivity index (χ4v) is 3.39. The van der Waals surface area contributed by atoms with Gasteiger partial charge in [-0.15, -0.1) is 0 Å². The summed E-state index contributed by atoms with van der Waals surface area (Å²) in [5, 5.41) is 21.6. The van der Waals surface area contributed by atoms with Gasteiger partial charge in [0.1, 0.15) is 0 Å². The van der Waals surface area contributed by atoms with Crippen LogP contribution in [0.2, 0.25) is 0 Å². The molecule has 9 heteroatoms. The number of hydrazone groups is 2. The zero-order chi connectivity index (χ0) is 20.3. The van der Waals surface area contributed by atoms with Crippen LogP contribution in [0, 0.1) is 0 Å². The summed E-state index contributed by atoms with van der Waals surface area (Å²) in [6, 6.07) is 8.41. The van der Waals surface area contributed by atoms with Crippen molar-refractivity contribution in [1.29, 1.82) is 0 Å². The maximum Gasteiger partial charge on any atom is 0.374 e. The summed E-state index contributed by atoms with van der Waals surface area (Å²) < 4.78 is 4.87. The summed E-state index contributed by atoms with van der Waals surface area (Å²) in [6.07, 6.45) is 1.55. The number of likely N-dealkylation sites (tertiary alicyclic amines) is 1. The van der Waals surface area contributed by atoms with Crippen LogP contribution in [-0.2, 0) is 0 Å². The molecule has 1 amide bonds. The predicted octanol–water partition coefficient (Wildman–Crippen LogP) is 2.82. The van der Waals surface area contributed by atoms with E-state index in [1.54, 1.807) is 29.2 Å². The SMILES string of the molecule is C=NN(N=C)c1ccccc1C(=O)N1CC(c2cc(C(=O)O)on2)CC[C@H]1C. The monoisotopic (exact) mass is 383 g/mol. The number of amides is 1. The van der Waals surface area contributed by atoms with Crippen LogP contribution >= 0.6 is 0 Å². The van der Waals surface area contributed by atoms with Gasteiger partial charge in [-0.1, -0.05) is 17.3 Å². The summed E-state index contributed by atoms with van der Waals surface area (Å²) in [4.78, 5) is 26.1. The Kier molecular flexibility index (Phi) is 5.53. The molecule has 0 radical (unpaired) electrons. The summed E-state index contributed by atoms with van der Waals surface area (Å²) in [7, 11) is 0. The van der Waals surface area contributed by atoms with Crippen molar-refractivity contribution in [3.05, 3.63) is 47.3 Å². The minimum Gasteiger partial charge on any atom is -0.475 e. The Morgan fingerprint density at radius 3 is 2.64 bits per heavy atom. The number of para-hydroxylation sites is 1. The molecule has 2 aromatic rings. The molecule has 0 aliphatic carbocycles. The molecule has 0 spiro atoms. The summed E-state index contributed by atoms with van der Waals surface area (Å²) in [6.45, 7) is 9.30. The highest BCUT2D eigenvalue weighted by Gasteiger charge is 2.33. The first-order valence-electron chi connectivity index (χ1n) is 8.79. The Bertz CT molecular complexity index is 901. The number of carboxylic acid groups (broad SMARTS) is 1. The van der Waals surface area contributed by atoms with Crippen molar-refractivity contribution < 1.29 is 19.2 Å². The second-order valence-electron chi connectivity index (χ2n) is 6.59. The van der Waals surface area contributed by atoms with E-state index in [1.165, 1.54) is 11.2 Å². The van der Waals surface area contributed by atoms with Gasteiger partial charge in [-0.25, -0.2) is 4.79 Å². The number of hydrogen-bond acceptors (Lipinski definition) is 7. The van der Waals surface area contributed by atoms with Crippen LogP contribution in [0.5, 0.6) is 0 Å². The second kappa shape index (κ2) is 8.03. The van der Waals surface area contributed by atoms with Crippen molar-refractivity contribution in [2.24, 2.45) is 10.2 Å². The van der Waals surface area contributed by atoms with Crippen LogP contribution < -0.4 is 5.12 Å². The lowest BCUT2D eigenvalue weighted by Crippen LogP contribution is -2.45. The van der Waals surface area contributed by atoms with Gasteiger partial charge in [-0.2, -0.15) is 15.3 Å². The molecule has 1 saturated heterocycles. The molecule has 1 aromatic carbocycles. The molecule has 1 aliphatic heterocycles. The number of rotatable bonds is 6. The van der Waals surface area contributed by atoms with Gasteiger partial charge in [0, 0.05) is 38.0 Å². The van der Waals surface area contributed by atoms with E-state index in [4.69, 9.17) is 9.63 Å². The third kappa shape index (κ3) is 3.64. The smallest absolute Gasteiger partial charge is 0.374 e. The number of carboxylic acids is 1. The molecule has 1 unspecified atom stereocenters. The Morgan fingerprint density at radius 1 is 1.29 bits per heavy atom. The van der Waals surface area contributed by atoms with Gasteiger partial charge in [0.05, 0.1) is 16.9 Å². The van der Waals surface area contributed by atoms with E-state index in [1.807, 2.05) is 6.92 Å². The number of benzene rings is 1. The molecule has 1 aromatic heterocycles. The normalized spacial score (nSPS) is 19.1. The van der Waals surface area contributed by atoms with Gasteiger partial charge in [-0.05, 0) is 31.9 Å². The topological polar surface area (TPSA) is 112 Å². The predicted molar refractivity (Wildman–Crippen MR) is 104 cm³/mol. The molecule has 1 aliphatic rings. The molecule has 0 bridgehead atoms. The lowest BCUT2D eigenvalue weighted by atomic mass is 9.90. The zero-order valence-corrected chi connectivity index (χ0v) is 15.5. The van der Waals surface area contributed by atoms with Gasteiger partial charge in [0.25, 0.3) is 5.91 Å². The Labute approximate surface area is 161 Å². The minimum absolute atomic E-state index is 0.0180. The van der Waals surface area contributed by atoms with Gasteiger partial charge in [-0.3, -0.25) is 4.79 Å². The lowest BCUT2D eigenvalue weighted by molar-refractivity contribution is 0.0607. The van der Waals surface area contributed by atoms with Crippen molar-refractivity contribution in [3.63, 3.8) is 0 Å². The van der Waals surface area contributed by atoms with Crippen molar-refractivity contribution >= 4 is 31.0 Å². The van der Waals surface area contributed by atoms with E-state index in [-0.39, 0.29) is 23.6 Å². The number of piperidine rings is 1. The summed E-state index contributed by atoms with van der Waals surface area (Å²) >= 11 is 0. The lowest BCUT2D eigenvalue weighted by Gasteiger charge is -2.37. The van der Waals surface area contributed by atoms with E-state index in [0.29, 0.717) is 23.5 Å². The van der Waals surface area contributed by atoms with Crippen LogP contribution in [0.25, 0.3) is 0 Å². The number of anilines is 1. The zero-order valence-electron chi connectivity index (χ0n) is 15.5. The van der Waals surface area contributed by atoms with Gasteiger partial charge >= 0.3 is 5.97 Å². The number of aromatic carboxylic acids is 1. The molecule has 146 valence electrons. The molecule has 0 saturated carbocycles. The molecule has 2 atom stereocenters. The molecule has 1 fully saturated rings. The summed E-state index contributed by atoms with van der Waals surface area (Å²) in [5.41, 5.74) is 1.46. The maximum atomic E-state index is 13.3. The van der Waals surface area contributed by atoms with E-state index in [9.17, 15) is 9.59 Å². The fourth-order valence-electron chi connectivity index (χ4n) is 3.39. The van der Waals surface area contributed by atoms with E-state index in [2.05, 4.69) is 28.8 Å². The van der Waals surface area contributed by atoms with Crippen molar-refractivity contribution in [1.82, 2.24) is 10.1 Å². The first kappa shape index (κ1) is 19.3. The number of aromatic nitrogens is 1. The number of carbonyl (C=O) groups is 2. The number of hydrogen-bond donors (Lipinski definition) is 1. The fraction of sp³-hybridized carbons (Fsp3) is 0.316. The van der Waals surface area contributed by atoms with Crippen LogP contribution in [0.4, 0.5) is 5.69 Å². The van der Waals surface area contributed by atoms with Crippen LogP contribution in [0.15, 0.2) is 45.1 Å². The van der Waals surface area contributed by atoms with Gasteiger partial charge < -0.3 is 14.5 Å². The van der Waals surface area contributed by atoms with Crippen molar-refractivity contribution in [2.75, 3.05) is 11.7 Å². The number of nitrogens with zero attached hydrogens (tertiary/aromatic N) is 5. The molecule has 2 heterocycles. The van der Waals surface area contributed by atoms with E-state index >= 15 is 0 Å². The van der Waals surface area contributed by atoms with Crippen molar-refractivity contribution in [3.8, 4) is 0 Å². The largest absolute Gasteiger partial charge is 0.475 e. The molecular formula is C19H21N5O4. The van der Waals surface area contributed by atoms with Crippen LogP contribution in [-0.4, -0.2) is 53.1 Å². The average Bonchev–Trinajstić information content (AvgIpc) is 3.20. The second-order valence-corrected chi connectivity index (χ2v) is 6.59. The number of carbonyl (C=O) groups excluding carboxylic acids is 1. The quantitative estimate of drug-likeness (QED) is 0.606.